The minimum absolute atomic E-state index is 0.300. The fraction of sp³-hybridized carbons (Fsp3) is 0.417. The summed E-state index contributed by atoms with van der Waals surface area (Å²) in [5.74, 6) is 0.300. The quantitative estimate of drug-likeness (QED) is 0.725. The number of halogens is 1. The first-order valence-electron chi connectivity index (χ1n) is 4.98. The minimum Gasteiger partial charge on any atom is -0.299 e. The largest absolute Gasteiger partial charge is 0.299 e. The van der Waals surface area contributed by atoms with Crippen molar-refractivity contribution in [3.05, 3.63) is 34.9 Å². The van der Waals surface area contributed by atoms with E-state index in [1.807, 2.05) is 24.3 Å². The summed E-state index contributed by atoms with van der Waals surface area (Å²) in [7, 11) is 0. The number of hydrogen-bond acceptors (Lipinski definition) is 1. The molecule has 0 saturated heterocycles. The summed E-state index contributed by atoms with van der Waals surface area (Å²) in [6.45, 7) is 2.09. The van der Waals surface area contributed by atoms with E-state index in [0.29, 0.717) is 23.6 Å². The molecule has 0 spiro atoms. The molecule has 0 amide bonds. The van der Waals surface area contributed by atoms with Gasteiger partial charge in [0.25, 0.3) is 0 Å². The van der Waals surface area contributed by atoms with Crippen molar-refractivity contribution in [1.29, 1.82) is 0 Å². The molecular formula is C12H15ClO. The van der Waals surface area contributed by atoms with E-state index in [1.54, 1.807) is 0 Å². The highest BCUT2D eigenvalue weighted by atomic mass is 35.5. The van der Waals surface area contributed by atoms with Crippen LogP contribution in [0.25, 0.3) is 0 Å². The SMILES string of the molecule is CCCCC(=O)Cc1cccc(Cl)c1. The molecule has 0 aliphatic rings. The molecule has 0 saturated carbocycles. The van der Waals surface area contributed by atoms with Crippen LogP contribution in [0.2, 0.25) is 5.02 Å². The first kappa shape index (κ1) is 11.3. The lowest BCUT2D eigenvalue weighted by Crippen LogP contribution is -2.01. The maximum absolute atomic E-state index is 11.4. The standard InChI is InChI=1S/C12H15ClO/c1-2-3-7-12(14)9-10-5-4-6-11(13)8-10/h4-6,8H,2-3,7,9H2,1H3. The highest BCUT2D eigenvalue weighted by molar-refractivity contribution is 6.30. The number of Topliss-reactive ketones (excluding diaryl/α,β-unsaturated/α-hetero) is 1. The van der Waals surface area contributed by atoms with Crippen molar-refractivity contribution in [2.75, 3.05) is 0 Å². The third kappa shape index (κ3) is 3.93. The van der Waals surface area contributed by atoms with Gasteiger partial charge in [0.15, 0.2) is 0 Å². The number of unbranched alkanes of at least 4 members (excludes halogenated alkanes) is 1. The Morgan fingerprint density at radius 3 is 2.86 bits per heavy atom. The van der Waals surface area contributed by atoms with Crippen LogP contribution in [0, 0.1) is 0 Å². The van der Waals surface area contributed by atoms with Crippen LogP contribution in [-0.4, -0.2) is 5.78 Å². The van der Waals surface area contributed by atoms with Crippen LogP contribution in [-0.2, 0) is 11.2 Å². The van der Waals surface area contributed by atoms with Gasteiger partial charge in [0.1, 0.15) is 5.78 Å². The molecule has 1 rings (SSSR count). The van der Waals surface area contributed by atoms with Gasteiger partial charge in [-0.25, -0.2) is 0 Å². The van der Waals surface area contributed by atoms with Gasteiger partial charge in [0.2, 0.25) is 0 Å². The second-order valence-electron chi connectivity index (χ2n) is 3.45. The van der Waals surface area contributed by atoms with E-state index in [-0.39, 0.29) is 0 Å². The monoisotopic (exact) mass is 210 g/mol. The van der Waals surface area contributed by atoms with Crippen molar-refractivity contribution in [1.82, 2.24) is 0 Å². The van der Waals surface area contributed by atoms with Crippen LogP contribution >= 0.6 is 11.6 Å². The van der Waals surface area contributed by atoms with E-state index in [2.05, 4.69) is 6.92 Å². The van der Waals surface area contributed by atoms with Gasteiger partial charge in [-0.05, 0) is 24.1 Å². The second-order valence-corrected chi connectivity index (χ2v) is 3.89. The summed E-state index contributed by atoms with van der Waals surface area (Å²) in [5, 5.41) is 0.700. The lowest BCUT2D eigenvalue weighted by Gasteiger charge is -2.00. The number of hydrogen-bond donors (Lipinski definition) is 0. The number of benzene rings is 1. The van der Waals surface area contributed by atoms with Crippen molar-refractivity contribution in [2.45, 2.75) is 32.6 Å². The maximum Gasteiger partial charge on any atom is 0.137 e. The Balaban J connectivity index is 2.47. The summed E-state index contributed by atoms with van der Waals surface area (Å²) < 4.78 is 0. The number of ketones is 1. The van der Waals surface area contributed by atoms with Crippen molar-refractivity contribution >= 4 is 17.4 Å². The average molecular weight is 211 g/mol. The van der Waals surface area contributed by atoms with Crippen LogP contribution < -0.4 is 0 Å². The molecule has 2 heteroatoms. The van der Waals surface area contributed by atoms with E-state index in [9.17, 15) is 4.79 Å². The number of carbonyl (C=O) groups is 1. The lowest BCUT2D eigenvalue weighted by atomic mass is 10.1. The molecule has 0 unspecified atom stereocenters. The Labute approximate surface area is 90.1 Å². The highest BCUT2D eigenvalue weighted by Crippen LogP contribution is 2.12. The molecule has 1 aromatic carbocycles. The summed E-state index contributed by atoms with van der Waals surface area (Å²) in [6, 6.07) is 7.49. The molecule has 0 N–H and O–H groups in total. The van der Waals surface area contributed by atoms with Gasteiger partial charge in [-0.15, -0.1) is 0 Å². The summed E-state index contributed by atoms with van der Waals surface area (Å²) in [5.41, 5.74) is 1.01. The van der Waals surface area contributed by atoms with Crippen molar-refractivity contribution in [3.8, 4) is 0 Å². The Kier molecular flexibility index (Phi) is 4.68. The molecule has 0 fully saturated rings. The molecule has 0 heterocycles. The zero-order chi connectivity index (χ0) is 10.4. The molecule has 0 aromatic heterocycles. The Morgan fingerprint density at radius 2 is 2.21 bits per heavy atom. The molecule has 0 bridgehead atoms. The Hall–Kier alpha value is -0.820. The zero-order valence-corrected chi connectivity index (χ0v) is 9.18. The van der Waals surface area contributed by atoms with Gasteiger partial charge < -0.3 is 0 Å². The average Bonchev–Trinajstić information content (AvgIpc) is 2.15. The fourth-order valence-corrected chi connectivity index (χ4v) is 1.55. The third-order valence-corrected chi connectivity index (χ3v) is 2.33. The molecule has 1 nitrogen and oxygen atoms in total. The first-order chi connectivity index (χ1) is 6.72. The number of rotatable bonds is 5. The summed E-state index contributed by atoms with van der Waals surface area (Å²) in [6.07, 6.45) is 3.25. The van der Waals surface area contributed by atoms with Crippen LogP contribution in [0.15, 0.2) is 24.3 Å². The molecular weight excluding hydrogens is 196 g/mol. The molecule has 0 radical (unpaired) electrons. The van der Waals surface area contributed by atoms with Gasteiger partial charge in [-0.1, -0.05) is 37.1 Å². The van der Waals surface area contributed by atoms with Gasteiger partial charge in [-0.3, -0.25) is 4.79 Å². The highest BCUT2D eigenvalue weighted by Gasteiger charge is 2.02. The first-order valence-corrected chi connectivity index (χ1v) is 5.36. The normalized spacial score (nSPS) is 10.1. The lowest BCUT2D eigenvalue weighted by molar-refractivity contribution is -0.118. The van der Waals surface area contributed by atoms with Gasteiger partial charge >= 0.3 is 0 Å². The van der Waals surface area contributed by atoms with Crippen LogP contribution in [0.1, 0.15) is 31.7 Å². The van der Waals surface area contributed by atoms with Crippen LogP contribution in [0.5, 0.6) is 0 Å². The summed E-state index contributed by atoms with van der Waals surface area (Å²) >= 11 is 5.82. The van der Waals surface area contributed by atoms with Gasteiger partial charge in [0, 0.05) is 17.9 Å². The van der Waals surface area contributed by atoms with Crippen LogP contribution in [0.4, 0.5) is 0 Å². The van der Waals surface area contributed by atoms with Crippen LogP contribution in [0.3, 0.4) is 0 Å². The van der Waals surface area contributed by atoms with E-state index < -0.39 is 0 Å². The Bertz CT molecular complexity index is 307. The molecule has 0 aliphatic heterocycles. The maximum atomic E-state index is 11.4. The fourth-order valence-electron chi connectivity index (χ4n) is 1.34. The van der Waals surface area contributed by atoms with Crippen molar-refractivity contribution in [2.24, 2.45) is 0 Å². The van der Waals surface area contributed by atoms with Crippen molar-refractivity contribution in [3.63, 3.8) is 0 Å². The third-order valence-electron chi connectivity index (χ3n) is 2.10. The van der Waals surface area contributed by atoms with Crippen molar-refractivity contribution < 1.29 is 4.79 Å². The van der Waals surface area contributed by atoms with E-state index in [0.717, 1.165) is 18.4 Å². The summed E-state index contributed by atoms with van der Waals surface area (Å²) in [4.78, 5) is 11.4. The zero-order valence-electron chi connectivity index (χ0n) is 8.42. The topological polar surface area (TPSA) is 17.1 Å². The molecule has 0 aliphatic carbocycles. The van der Waals surface area contributed by atoms with Gasteiger partial charge in [0.05, 0.1) is 0 Å². The van der Waals surface area contributed by atoms with Gasteiger partial charge in [-0.2, -0.15) is 0 Å². The Morgan fingerprint density at radius 1 is 1.43 bits per heavy atom. The predicted molar refractivity (Wildman–Crippen MR) is 59.7 cm³/mol. The second kappa shape index (κ2) is 5.82. The predicted octanol–water partition coefficient (Wildman–Crippen LogP) is 3.64. The molecule has 1 aromatic rings. The molecule has 14 heavy (non-hydrogen) atoms. The van der Waals surface area contributed by atoms with E-state index in [4.69, 9.17) is 11.6 Å². The molecule has 0 atom stereocenters. The van der Waals surface area contributed by atoms with E-state index >= 15 is 0 Å². The molecule has 76 valence electrons. The smallest absolute Gasteiger partial charge is 0.137 e. The minimum atomic E-state index is 0.300. The van der Waals surface area contributed by atoms with E-state index in [1.165, 1.54) is 0 Å². The number of carbonyl (C=O) groups excluding carboxylic acids is 1.